The number of hydrazone groups is 1. The van der Waals surface area contributed by atoms with Gasteiger partial charge in [0, 0.05) is 35.1 Å². The zero-order valence-electron chi connectivity index (χ0n) is 17.9. The highest BCUT2D eigenvalue weighted by atomic mass is 35.5. The van der Waals surface area contributed by atoms with E-state index in [1.165, 1.54) is 24.3 Å². The average Bonchev–Trinajstić information content (AvgIpc) is 3.55. The molecule has 2 aromatic carbocycles. The van der Waals surface area contributed by atoms with Crippen molar-refractivity contribution in [3.8, 4) is 0 Å². The Morgan fingerprint density at radius 3 is 2.55 bits per heavy atom. The maximum Gasteiger partial charge on any atom is 0.270 e. The SMILES string of the molecule is Cc1cc(/C=N/Nc2ccc([N+](=O)[O-])cc2S(=O)(=O)Nc2ccccc2Cl)c(C)n1C1CC1. The lowest BCUT2D eigenvalue weighted by molar-refractivity contribution is -0.385. The number of anilines is 2. The molecule has 3 aromatic rings. The first-order valence-electron chi connectivity index (χ1n) is 10.2. The fourth-order valence-corrected chi connectivity index (χ4v) is 5.18. The van der Waals surface area contributed by atoms with Crippen molar-refractivity contribution in [1.29, 1.82) is 0 Å². The van der Waals surface area contributed by atoms with Crippen LogP contribution in [0, 0.1) is 24.0 Å². The summed E-state index contributed by atoms with van der Waals surface area (Å²) in [6.45, 7) is 4.05. The second kappa shape index (κ2) is 8.87. The molecule has 2 N–H and O–H groups in total. The van der Waals surface area contributed by atoms with Gasteiger partial charge in [-0.3, -0.25) is 20.3 Å². The Morgan fingerprint density at radius 1 is 1.15 bits per heavy atom. The van der Waals surface area contributed by atoms with Crippen LogP contribution in [0.3, 0.4) is 0 Å². The van der Waals surface area contributed by atoms with Crippen molar-refractivity contribution in [3.05, 3.63) is 80.6 Å². The van der Waals surface area contributed by atoms with Crippen molar-refractivity contribution in [2.75, 3.05) is 10.1 Å². The molecule has 0 aliphatic heterocycles. The average molecular weight is 488 g/mol. The summed E-state index contributed by atoms with van der Waals surface area (Å²) in [5, 5.41) is 15.7. The quantitative estimate of drug-likeness (QED) is 0.255. The topological polar surface area (TPSA) is 119 Å². The number of hydrogen-bond acceptors (Lipinski definition) is 6. The molecule has 1 aliphatic rings. The second-order valence-corrected chi connectivity index (χ2v) is 9.88. The van der Waals surface area contributed by atoms with E-state index in [1.54, 1.807) is 18.3 Å². The number of rotatable bonds is 8. The highest BCUT2D eigenvalue weighted by Gasteiger charge is 2.27. The van der Waals surface area contributed by atoms with Crippen molar-refractivity contribution >= 4 is 44.9 Å². The van der Waals surface area contributed by atoms with Gasteiger partial charge in [-0.25, -0.2) is 8.42 Å². The van der Waals surface area contributed by atoms with Crippen LogP contribution in [0.5, 0.6) is 0 Å². The fraction of sp³-hybridized carbons (Fsp3) is 0.227. The number of nitrogens with one attached hydrogen (secondary N) is 2. The smallest absolute Gasteiger partial charge is 0.270 e. The third-order valence-electron chi connectivity index (χ3n) is 5.41. The van der Waals surface area contributed by atoms with E-state index in [4.69, 9.17) is 11.6 Å². The van der Waals surface area contributed by atoms with Gasteiger partial charge >= 0.3 is 0 Å². The number of nitrogens with zero attached hydrogens (tertiary/aromatic N) is 3. The van der Waals surface area contributed by atoms with E-state index < -0.39 is 14.9 Å². The van der Waals surface area contributed by atoms with Crippen LogP contribution in [0.4, 0.5) is 17.1 Å². The molecule has 0 radical (unpaired) electrons. The molecule has 0 unspecified atom stereocenters. The standard InChI is InChI=1S/C22H22ClN5O4S/c1-14-11-16(15(2)27(14)17-7-8-17)13-24-25-21-10-9-18(28(29)30)12-22(21)33(31,32)26-20-6-4-3-5-19(20)23/h3-6,9-13,17,25-26H,7-8H2,1-2H3/b24-13+. The van der Waals surface area contributed by atoms with Crippen molar-refractivity contribution in [1.82, 2.24) is 4.57 Å². The summed E-state index contributed by atoms with van der Waals surface area (Å²) in [7, 11) is -4.21. The molecular weight excluding hydrogens is 466 g/mol. The van der Waals surface area contributed by atoms with E-state index in [9.17, 15) is 18.5 Å². The molecule has 0 saturated heterocycles. The van der Waals surface area contributed by atoms with Gasteiger partial charge in [0.05, 0.1) is 27.5 Å². The number of halogens is 1. The number of nitro groups is 1. The molecule has 172 valence electrons. The van der Waals surface area contributed by atoms with Crippen molar-refractivity contribution in [2.45, 2.75) is 37.6 Å². The van der Waals surface area contributed by atoms with Crippen LogP contribution >= 0.6 is 11.6 Å². The first-order chi connectivity index (χ1) is 15.7. The normalized spacial score (nSPS) is 13.9. The van der Waals surface area contributed by atoms with Crippen LogP contribution in [0.25, 0.3) is 0 Å². The molecule has 0 bridgehead atoms. The van der Waals surface area contributed by atoms with Crippen molar-refractivity contribution in [3.63, 3.8) is 0 Å². The van der Waals surface area contributed by atoms with Crippen LogP contribution < -0.4 is 10.1 Å². The number of aryl methyl sites for hydroxylation is 1. The van der Waals surface area contributed by atoms with Crippen LogP contribution in [0.15, 0.2) is 58.5 Å². The molecule has 1 aromatic heterocycles. The second-order valence-electron chi connectivity index (χ2n) is 7.82. The van der Waals surface area contributed by atoms with Gasteiger partial charge in [-0.15, -0.1) is 0 Å². The lowest BCUT2D eigenvalue weighted by atomic mass is 10.2. The van der Waals surface area contributed by atoms with E-state index in [0.29, 0.717) is 6.04 Å². The Morgan fingerprint density at radius 2 is 1.88 bits per heavy atom. The minimum atomic E-state index is -4.21. The molecule has 1 aliphatic carbocycles. The summed E-state index contributed by atoms with van der Waals surface area (Å²) < 4.78 is 30.8. The first kappa shape index (κ1) is 22.8. The summed E-state index contributed by atoms with van der Waals surface area (Å²) in [4.78, 5) is 10.3. The zero-order chi connectivity index (χ0) is 23.8. The Labute approximate surface area is 196 Å². The molecule has 4 rings (SSSR count). The van der Waals surface area contributed by atoms with Crippen LogP contribution in [-0.4, -0.2) is 24.1 Å². The molecule has 11 heteroatoms. The Bertz CT molecular complexity index is 1360. The minimum Gasteiger partial charge on any atom is -0.345 e. The van der Waals surface area contributed by atoms with Crippen LogP contribution in [0.2, 0.25) is 5.02 Å². The van der Waals surface area contributed by atoms with Gasteiger partial charge in [0.25, 0.3) is 15.7 Å². The zero-order valence-corrected chi connectivity index (χ0v) is 19.5. The van der Waals surface area contributed by atoms with Crippen LogP contribution in [-0.2, 0) is 10.0 Å². The maximum atomic E-state index is 13.1. The highest BCUT2D eigenvalue weighted by Crippen LogP contribution is 2.38. The van der Waals surface area contributed by atoms with Crippen molar-refractivity contribution < 1.29 is 13.3 Å². The molecule has 1 heterocycles. The van der Waals surface area contributed by atoms with E-state index in [1.807, 2.05) is 19.9 Å². The van der Waals surface area contributed by atoms with Gasteiger partial charge in [0.1, 0.15) is 4.90 Å². The predicted octanol–water partition coefficient (Wildman–Crippen LogP) is 5.25. The Kier molecular flexibility index (Phi) is 6.13. The van der Waals surface area contributed by atoms with Gasteiger partial charge in [0.15, 0.2) is 0 Å². The third-order valence-corrected chi connectivity index (χ3v) is 7.14. The monoisotopic (exact) mass is 487 g/mol. The van der Waals surface area contributed by atoms with Gasteiger partial charge in [-0.2, -0.15) is 5.10 Å². The maximum absolute atomic E-state index is 13.1. The number of nitro benzene ring substituents is 1. The fourth-order valence-electron chi connectivity index (χ4n) is 3.68. The predicted molar refractivity (Wildman–Crippen MR) is 129 cm³/mol. The lowest BCUT2D eigenvalue weighted by Gasteiger charge is -2.13. The van der Waals surface area contributed by atoms with Gasteiger partial charge in [-0.1, -0.05) is 23.7 Å². The van der Waals surface area contributed by atoms with Gasteiger partial charge in [-0.05, 0) is 51.0 Å². The van der Waals surface area contributed by atoms with E-state index in [-0.39, 0.29) is 27.0 Å². The number of non-ortho nitro benzene ring substituents is 1. The van der Waals surface area contributed by atoms with E-state index in [0.717, 1.165) is 35.9 Å². The van der Waals surface area contributed by atoms with E-state index >= 15 is 0 Å². The van der Waals surface area contributed by atoms with Gasteiger partial charge in [0.2, 0.25) is 0 Å². The number of hydrogen-bond donors (Lipinski definition) is 2. The number of aromatic nitrogens is 1. The number of para-hydroxylation sites is 1. The summed E-state index contributed by atoms with van der Waals surface area (Å²) in [6, 6.07) is 12.4. The summed E-state index contributed by atoms with van der Waals surface area (Å²) in [5.74, 6) is 0. The van der Waals surface area contributed by atoms with Gasteiger partial charge < -0.3 is 4.57 Å². The molecule has 1 saturated carbocycles. The number of sulfonamides is 1. The molecule has 0 spiro atoms. The minimum absolute atomic E-state index is 0.0902. The van der Waals surface area contributed by atoms with Crippen LogP contribution in [0.1, 0.15) is 35.8 Å². The van der Waals surface area contributed by atoms with Crippen molar-refractivity contribution in [2.24, 2.45) is 5.10 Å². The molecule has 1 fully saturated rings. The summed E-state index contributed by atoms with van der Waals surface area (Å²) >= 11 is 6.07. The first-order valence-corrected chi connectivity index (χ1v) is 12.1. The highest BCUT2D eigenvalue weighted by molar-refractivity contribution is 7.93. The third kappa shape index (κ3) is 4.86. The van der Waals surface area contributed by atoms with E-state index in [2.05, 4.69) is 19.8 Å². The summed E-state index contributed by atoms with van der Waals surface area (Å²) in [6.07, 6.45) is 3.93. The number of benzene rings is 2. The Hall–Kier alpha value is -3.37. The largest absolute Gasteiger partial charge is 0.345 e. The Balaban J connectivity index is 1.65. The lowest BCUT2D eigenvalue weighted by Crippen LogP contribution is -2.15. The molecule has 9 nitrogen and oxygen atoms in total. The molecule has 0 atom stereocenters. The molecular formula is C22H22ClN5O4S. The summed E-state index contributed by atoms with van der Waals surface area (Å²) in [5.41, 5.74) is 5.74. The molecule has 0 amide bonds. The molecule has 33 heavy (non-hydrogen) atoms.